The highest BCUT2D eigenvalue weighted by molar-refractivity contribution is 14.1. The summed E-state index contributed by atoms with van der Waals surface area (Å²) in [5, 5.41) is 0. The van der Waals surface area contributed by atoms with Crippen LogP contribution in [0.5, 0.6) is 5.88 Å². The van der Waals surface area contributed by atoms with Crippen LogP contribution in [-0.2, 0) is 0 Å². The molecule has 2 heterocycles. The summed E-state index contributed by atoms with van der Waals surface area (Å²) in [7, 11) is 1.60. The number of rotatable bonds is 2. The van der Waals surface area contributed by atoms with Crippen LogP contribution in [0, 0.1) is 10.5 Å². The Morgan fingerprint density at radius 2 is 2.00 bits per heavy atom. The van der Waals surface area contributed by atoms with Crippen LogP contribution in [0.2, 0.25) is 0 Å². The summed E-state index contributed by atoms with van der Waals surface area (Å²) in [5.74, 6) is 1.41. The fourth-order valence-corrected chi connectivity index (χ4v) is 2.56. The van der Waals surface area contributed by atoms with Crippen molar-refractivity contribution in [2.24, 2.45) is 0 Å². The number of halogens is 1. The third kappa shape index (κ3) is 2.18. The van der Waals surface area contributed by atoms with Gasteiger partial charge in [0, 0.05) is 15.2 Å². The smallest absolute Gasteiger partial charge is 0.215 e. The zero-order chi connectivity index (χ0) is 13.4. The van der Waals surface area contributed by atoms with E-state index in [0.717, 1.165) is 16.9 Å². The Morgan fingerprint density at radius 3 is 2.79 bits per heavy atom. The number of aromatic nitrogens is 3. The first-order chi connectivity index (χ1) is 9.19. The Balaban J connectivity index is 2.18. The fourth-order valence-electron chi connectivity index (χ4n) is 1.95. The molecule has 0 aliphatic carbocycles. The normalized spacial score (nSPS) is 10.9. The van der Waals surface area contributed by atoms with Crippen LogP contribution in [0.1, 0.15) is 5.56 Å². The van der Waals surface area contributed by atoms with Crippen LogP contribution in [0.3, 0.4) is 0 Å². The van der Waals surface area contributed by atoms with Crippen molar-refractivity contribution in [1.82, 2.24) is 15.0 Å². The number of ether oxygens (including phenoxy) is 1. The Kier molecular flexibility index (Phi) is 3.14. The minimum atomic E-state index is 0.574. The third-order valence-electron chi connectivity index (χ3n) is 2.98. The van der Waals surface area contributed by atoms with Gasteiger partial charge in [-0.05, 0) is 41.1 Å². The van der Waals surface area contributed by atoms with Crippen molar-refractivity contribution >= 4 is 33.8 Å². The number of fused-ring (bicyclic) bond motifs is 1. The van der Waals surface area contributed by atoms with Crippen molar-refractivity contribution in [3.8, 4) is 17.3 Å². The zero-order valence-electron chi connectivity index (χ0n) is 10.6. The highest BCUT2D eigenvalue weighted by Gasteiger charge is 2.11. The van der Waals surface area contributed by atoms with E-state index in [9.17, 15) is 0 Å². The molecule has 96 valence electrons. The van der Waals surface area contributed by atoms with Gasteiger partial charge in [0.05, 0.1) is 12.6 Å². The van der Waals surface area contributed by atoms with E-state index in [-0.39, 0.29) is 0 Å². The molecular weight excluding hydrogens is 353 g/mol. The number of benzene rings is 1. The lowest BCUT2D eigenvalue weighted by Crippen LogP contribution is -1.88. The highest BCUT2D eigenvalue weighted by atomic mass is 127. The molecule has 0 fully saturated rings. The monoisotopic (exact) mass is 365 g/mol. The molecule has 2 aromatic heterocycles. The van der Waals surface area contributed by atoms with E-state index in [1.807, 2.05) is 18.2 Å². The fraction of sp³-hybridized carbons (Fsp3) is 0.143. The van der Waals surface area contributed by atoms with E-state index < -0.39 is 0 Å². The Labute approximate surface area is 124 Å². The number of methoxy groups -OCH3 is 1. The van der Waals surface area contributed by atoms with Gasteiger partial charge in [0.25, 0.3) is 0 Å². The maximum Gasteiger partial charge on any atom is 0.215 e. The molecular formula is C14H12IN3O. The molecule has 0 atom stereocenters. The first-order valence-corrected chi connectivity index (χ1v) is 6.93. The van der Waals surface area contributed by atoms with Gasteiger partial charge in [-0.2, -0.15) is 4.98 Å². The van der Waals surface area contributed by atoms with E-state index in [0.29, 0.717) is 11.5 Å². The van der Waals surface area contributed by atoms with E-state index in [1.54, 1.807) is 7.11 Å². The molecule has 1 aromatic carbocycles. The number of pyridine rings is 1. The summed E-state index contributed by atoms with van der Waals surface area (Å²) in [4.78, 5) is 12.2. The summed E-state index contributed by atoms with van der Waals surface area (Å²) in [6, 6.07) is 9.94. The second kappa shape index (κ2) is 4.80. The van der Waals surface area contributed by atoms with Crippen molar-refractivity contribution in [2.75, 3.05) is 7.11 Å². The maximum atomic E-state index is 5.11. The summed E-state index contributed by atoms with van der Waals surface area (Å²) >= 11 is 2.34. The highest BCUT2D eigenvalue weighted by Crippen LogP contribution is 2.27. The number of nitrogens with zero attached hydrogens (tertiary/aromatic N) is 2. The van der Waals surface area contributed by atoms with Crippen LogP contribution < -0.4 is 4.74 Å². The summed E-state index contributed by atoms with van der Waals surface area (Å²) < 4.78 is 6.31. The molecule has 0 bridgehead atoms. The summed E-state index contributed by atoms with van der Waals surface area (Å²) in [6.07, 6.45) is 0. The lowest BCUT2D eigenvalue weighted by molar-refractivity contribution is 0.399. The molecule has 0 amide bonds. The first kappa shape index (κ1) is 12.4. The zero-order valence-corrected chi connectivity index (χ0v) is 12.7. The Morgan fingerprint density at radius 1 is 1.16 bits per heavy atom. The molecule has 0 aliphatic heterocycles. The Bertz CT molecular complexity index is 752. The largest absolute Gasteiger partial charge is 0.481 e. The van der Waals surface area contributed by atoms with Crippen LogP contribution in [0.4, 0.5) is 0 Å². The van der Waals surface area contributed by atoms with Crippen molar-refractivity contribution in [3.05, 3.63) is 39.5 Å². The van der Waals surface area contributed by atoms with Crippen LogP contribution in [0.15, 0.2) is 30.3 Å². The lowest BCUT2D eigenvalue weighted by atomic mass is 10.1. The number of nitrogens with one attached hydrogen (secondary N) is 1. The van der Waals surface area contributed by atoms with E-state index in [4.69, 9.17) is 4.74 Å². The van der Waals surface area contributed by atoms with E-state index in [1.165, 1.54) is 9.13 Å². The van der Waals surface area contributed by atoms with Crippen LogP contribution in [0.25, 0.3) is 22.6 Å². The standard InChI is InChI=1S/C14H12IN3O/c1-8-4-3-5-9(12(8)15)13-16-10-6-7-11(19-2)17-14(10)18-13/h3-7H,1-2H3,(H,16,17,18). The van der Waals surface area contributed by atoms with Gasteiger partial charge in [-0.3, -0.25) is 0 Å². The van der Waals surface area contributed by atoms with Gasteiger partial charge in [0.1, 0.15) is 5.82 Å². The number of hydrogen-bond acceptors (Lipinski definition) is 3. The first-order valence-electron chi connectivity index (χ1n) is 5.85. The molecule has 5 heteroatoms. The molecule has 3 aromatic rings. The Hall–Kier alpha value is -1.63. The van der Waals surface area contributed by atoms with Gasteiger partial charge in [-0.25, -0.2) is 4.98 Å². The number of aryl methyl sites for hydroxylation is 1. The second-order valence-corrected chi connectivity index (χ2v) is 5.33. The average Bonchev–Trinajstić information content (AvgIpc) is 2.84. The minimum Gasteiger partial charge on any atom is -0.481 e. The molecule has 19 heavy (non-hydrogen) atoms. The van der Waals surface area contributed by atoms with E-state index in [2.05, 4.69) is 56.6 Å². The molecule has 0 unspecified atom stereocenters. The molecule has 3 rings (SSSR count). The molecule has 0 spiro atoms. The maximum absolute atomic E-state index is 5.11. The minimum absolute atomic E-state index is 0.574. The second-order valence-electron chi connectivity index (χ2n) is 4.25. The number of aromatic amines is 1. The molecule has 0 saturated carbocycles. The van der Waals surface area contributed by atoms with Gasteiger partial charge < -0.3 is 9.72 Å². The van der Waals surface area contributed by atoms with Gasteiger partial charge >= 0.3 is 0 Å². The summed E-state index contributed by atoms with van der Waals surface area (Å²) in [6.45, 7) is 2.09. The van der Waals surface area contributed by atoms with Crippen molar-refractivity contribution < 1.29 is 4.74 Å². The molecule has 0 saturated heterocycles. The number of imidazole rings is 1. The molecule has 1 N–H and O–H groups in total. The predicted octanol–water partition coefficient (Wildman–Crippen LogP) is 3.55. The van der Waals surface area contributed by atoms with Crippen molar-refractivity contribution in [1.29, 1.82) is 0 Å². The summed E-state index contributed by atoms with van der Waals surface area (Å²) in [5.41, 5.74) is 3.92. The quantitative estimate of drug-likeness (QED) is 0.707. The average molecular weight is 365 g/mol. The third-order valence-corrected chi connectivity index (χ3v) is 4.41. The van der Waals surface area contributed by atoms with Gasteiger partial charge in [-0.1, -0.05) is 18.2 Å². The van der Waals surface area contributed by atoms with Crippen LogP contribution >= 0.6 is 22.6 Å². The lowest BCUT2D eigenvalue weighted by Gasteiger charge is -2.03. The van der Waals surface area contributed by atoms with E-state index >= 15 is 0 Å². The van der Waals surface area contributed by atoms with Crippen LogP contribution in [-0.4, -0.2) is 22.1 Å². The van der Waals surface area contributed by atoms with Crippen molar-refractivity contribution in [2.45, 2.75) is 6.92 Å². The topological polar surface area (TPSA) is 50.8 Å². The SMILES string of the molecule is COc1ccc2[nH]c(-c3cccc(C)c3I)nc2n1. The predicted molar refractivity (Wildman–Crippen MR) is 83.3 cm³/mol. The molecule has 0 radical (unpaired) electrons. The van der Waals surface area contributed by atoms with Gasteiger partial charge in [0.2, 0.25) is 5.88 Å². The molecule has 0 aliphatic rings. The van der Waals surface area contributed by atoms with Gasteiger partial charge in [-0.15, -0.1) is 0 Å². The number of H-pyrrole nitrogens is 1. The van der Waals surface area contributed by atoms with Crippen molar-refractivity contribution in [3.63, 3.8) is 0 Å². The number of hydrogen-bond donors (Lipinski definition) is 1. The molecule has 4 nitrogen and oxygen atoms in total. The van der Waals surface area contributed by atoms with Gasteiger partial charge in [0.15, 0.2) is 5.65 Å².